The standard InChI is InChI=1S/C17H20N4O2.2ClH/c1-23-15-6-5-13(10-14(15)18)20-17(22)12-4-7-16(19-11-12)21-8-2-3-9-21;;/h4-7,10-11H,2-3,8-9,18H2,1H3,(H,20,22);2*1H. The first kappa shape index (κ1) is 20.9. The lowest BCUT2D eigenvalue weighted by Crippen LogP contribution is -2.19. The molecule has 1 saturated heterocycles. The van der Waals surface area contributed by atoms with E-state index in [0.717, 1.165) is 18.9 Å². The minimum atomic E-state index is -0.213. The molecule has 1 aliphatic heterocycles. The van der Waals surface area contributed by atoms with Gasteiger partial charge in [-0.15, -0.1) is 24.8 Å². The molecule has 0 bridgehead atoms. The maximum Gasteiger partial charge on any atom is 0.257 e. The molecule has 0 saturated carbocycles. The predicted molar refractivity (Wildman–Crippen MR) is 106 cm³/mol. The summed E-state index contributed by atoms with van der Waals surface area (Å²) in [6.07, 6.45) is 4.00. The third-order valence-electron chi connectivity index (χ3n) is 3.93. The van der Waals surface area contributed by atoms with E-state index in [1.165, 1.54) is 12.8 Å². The molecule has 1 fully saturated rings. The van der Waals surface area contributed by atoms with Crippen LogP contribution in [0.1, 0.15) is 23.2 Å². The van der Waals surface area contributed by atoms with Crippen molar-refractivity contribution in [3.63, 3.8) is 0 Å². The molecular weight excluding hydrogens is 363 g/mol. The molecule has 3 N–H and O–H groups in total. The Labute approximate surface area is 159 Å². The van der Waals surface area contributed by atoms with Crippen LogP contribution in [0.3, 0.4) is 0 Å². The maximum absolute atomic E-state index is 12.3. The number of nitrogens with two attached hydrogens (primary N) is 1. The molecule has 25 heavy (non-hydrogen) atoms. The highest BCUT2D eigenvalue weighted by molar-refractivity contribution is 6.04. The van der Waals surface area contributed by atoms with Gasteiger partial charge in [-0.3, -0.25) is 4.79 Å². The van der Waals surface area contributed by atoms with E-state index in [9.17, 15) is 4.79 Å². The highest BCUT2D eigenvalue weighted by atomic mass is 35.5. The van der Waals surface area contributed by atoms with Crippen molar-refractivity contribution >= 4 is 47.9 Å². The van der Waals surface area contributed by atoms with E-state index in [4.69, 9.17) is 10.5 Å². The van der Waals surface area contributed by atoms with E-state index in [-0.39, 0.29) is 30.7 Å². The van der Waals surface area contributed by atoms with Gasteiger partial charge in [0.25, 0.3) is 5.91 Å². The number of rotatable bonds is 4. The molecule has 0 radical (unpaired) electrons. The number of anilines is 3. The first-order valence-electron chi connectivity index (χ1n) is 7.63. The van der Waals surface area contributed by atoms with Gasteiger partial charge in [0, 0.05) is 25.0 Å². The van der Waals surface area contributed by atoms with Gasteiger partial charge in [-0.2, -0.15) is 0 Å². The Bertz CT molecular complexity index is 704. The van der Waals surface area contributed by atoms with Crippen molar-refractivity contribution in [2.75, 3.05) is 36.1 Å². The second kappa shape index (κ2) is 9.34. The van der Waals surface area contributed by atoms with Crippen LogP contribution < -0.4 is 20.7 Å². The number of ether oxygens (including phenoxy) is 1. The number of methoxy groups -OCH3 is 1. The monoisotopic (exact) mass is 384 g/mol. The van der Waals surface area contributed by atoms with E-state index in [0.29, 0.717) is 22.7 Å². The van der Waals surface area contributed by atoms with E-state index in [1.54, 1.807) is 37.6 Å². The summed E-state index contributed by atoms with van der Waals surface area (Å²) in [5.74, 6) is 1.29. The van der Waals surface area contributed by atoms with Gasteiger partial charge in [-0.05, 0) is 43.2 Å². The smallest absolute Gasteiger partial charge is 0.257 e. The summed E-state index contributed by atoms with van der Waals surface area (Å²) < 4.78 is 5.10. The van der Waals surface area contributed by atoms with E-state index in [2.05, 4.69) is 15.2 Å². The number of hydrogen-bond donors (Lipinski definition) is 2. The van der Waals surface area contributed by atoms with Gasteiger partial charge in [-0.25, -0.2) is 4.98 Å². The second-order valence-electron chi connectivity index (χ2n) is 5.51. The third-order valence-corrected chi connectivity index (χ3v) is 3.93. The predicted octanol–water partition coefficient (Wildman–Crippen LogP) is 3.37. The number of halogens is 2. The molecule has 2 aromatic rings. The second-order valence-corrected chi connectivity index (χ2v) is 5.51. The molecule has 1 aromatic heterocycles. The van der Waals surface area contributed by atoms with Crippen molar-refractivity contribution in [2.24, 2.45) is 0 Å². The van der Waals surface area contributed by atoms with Gasteiger partial charge in [0.05, 0.1) is 18.4 Å². The van der Waals surface area contributed by atoms with Gasteiger partial charge in [0.15, 0.2) is 0 Å². The van der Waals surface area contributed by atoms with Crippen LogP contribution in [0.2, 0.25) is 0 Å². The minimum Gasteiger partial charge on any atom is -0.495 e. The molecule has 0 spiro atoms. The third kappa shape index (κ3) is 4.90. The number of nitrogens with one attached hydrogen (secondary N) is 1. The summed E-state index contributed by atoms with van der Waals surface area (Å²) in [6, 6.07) is 8.83. The summed E-state index contributed by atoms with van der Waals surface area (Å²) in [5, 5.41) is 2.81. The first-order valence-corrected chi connectivity index (χ1v) is 7.63. The van der Waals surface area contributed by atoms with Crippen molar-refractivity contribution in [2.45, 2.75) is 12.8 Å². The quantitative estimate of drug-likeness (QED) is 0.789. The van der Waals surface area contributed by atoms with Crippen molar-refractivity contribution in [3.05, 3.63) is 42.1 Å². The van der Waals surface area contributed by atoms with Gasteiger partial charge in [0.2, 0.25) is 0 Å². The highest BCUT2D eigenvalue weighted by Gasteiger charge is 2.14. The van der Waals surface area contributed by atoms with Crippen LogP contribution in [0.25, 0.3) is 0 Å². The molecule has 6 nitrogen and oxygen atoms in total. The van der Waals surface area contributed by atoms with Crippen LogP contribution in [0.15, 0.2) is 36.5 Å². The van der Waals surface area contributed by atoms with Crippen molar-refractivity contribution in [3.8, 4) is 5.75 Å². The number of aromatic nitrogens is 1. The van der Waals surface area contributed by atoms with Gasteiger partial charge in [-0.1, -0.05) is 0 Å². The fraction of sp³-hybridized carbons (Fsp3) is 0.294. The summed E-state index contributed by atoms with van der Waals surface area (Å²) in [6.45, 7) is 2.06. The molecule has 8 heteroatoms. The zero-order valence-electron chi connectivity index (χ0n) is 13.9. The van der Waals surface area contributed by atoms with Crippen molar-refractivity contribution < 1.29 is 9.53 Å². The van der Waals surface area contributed by atoms with Crippen molar-refractivity contribution in [1.82, 2.24) is 4.98 Å². The highest BCUT2D eigenvalue weighted by Crippen LogP contribution is 2.25. The Morgan fingerprint density at radius 1 is 1.20 bits per heavy atom. The molecule has 2 heterocycles. The number of hydrogen-bond acceptors (Lipinski definition) is 5. The van der Waals surface area contributed by atoms with E-state index < -0.39 is 0 Å². The molecule has 0 aliphatic carbocycles. The molecule has 3 rings (SSSR count). The normalized spacial score (nSPS) is 12.8. The Hall–Kier alpha value is -2.18. The van der Waals surface area contributed by atoms with Gasteiger partial charge >= 0.3 is 0 Å². The van der Waals surface area contributed by atoms with E-state index in [1.807, 2.05) is 6.07 Å². The average molecular weight is 385 g/mol. The number of nitrogens with zero attached hydrogens (tertiary/aromatic N) is 2. The van der Waals surface area contributed by atoms with Crippen molar-refractivity contribution in [1.29, 1.82) is 0 Å². The summed E-state index contributed by atoms with van der Waals surface area (Å²) in [7, 11) is 1.55. The number of carbonyl (C=O) groups is 1. The lowest BCUT2D eigenvalue weighted by atomic mass is 10.2. The zero-order chi connectivity index (χ0) is 16.2. The number of nitrogen functional groups attached to an aromatic ring is 1. The van der Waals surface area contributed by atoms with Crippen LogP contribution in [0.5, 0.6) is 5.75 Å². The fourth-order valence-electron chi connectivity index (χ4n) is 2.67. The molecule has 0 atom stereocenters. The van der Waals surface area contributed by atoms with Crippen LogP contribution in [-0.4, -0.2) is 31.1 Å². The average Bonchev–Trinajstić information content (AvgIpc) is 3.09. The fourth-order valence-corrected chi connectivity index (χ4v) is 2.67. The Morgan fingerprint density at radius 2 is 1.92 bits per heavy atom. The van der Waals surface area contributed by atoms with Crippen LogP contribution >= 0.6 is 24.8 Å². The molecule has 1 amide bonds. The number of pyridine rings is 1. The van der Waals surface area contributed by atoms with Crippen LogP contribution in [0, 0.1) is 0 Å². The van der Waals surface area contributed by atoms with Crippen LogP contribution in [0.4, 0.5) is 17.2 Å². The number of amides is 1. The molecule has 1 aliphatic rings. The zero-order valence-corrected chi connectivity index (χ0v) is 15.5. The summed E-state index contributed by atoms with van der Waals surface area (Å²) in [5.41, 5.74) is 7.46. The Balaban J connectivity index is 0.00000156. The summed E-state index contributed by atoms with van der Waals surface area (Å²) in [4.78, 5) is 18.9. The summed E-state index contributed by atoms with van der Waals surface area (Å²) >= 11 is 0. The largest absolute Gasteiger partial charge is 0.495 e. The lowest BCUT2D eigenvalue weighted by Gasteiger charge is -2.16. The SMILES string of the molecule is COc1ccc(NC(=O)c2ccc(N3CCCC3)nc2)cc1N.Cl.Cl. The topological polar surface area (TPSA) is 80.5 Å². The molecule has 1 aromatic carbocycles. The Morgan fingerprint density at radius 3 is 2.48 bits per heavy atom. The molecular formula is C17H22Cl2N4O2. The molecule has 136 valence electrons. The van der Waals surface area contributed by atoms with Crippen LogP contribution in [-0.2, 0) is 0 Å². The van der Waals surface area contributed by atoms with Gasteiger partial charge in [0.1, 0.15) is 11.6 Å². The number of carbonyl (C=O) groups excluding carboxylic acids is 1. The maximum atomic E-state index is 12.3. The van der Waals surface area contributed by atoms with Gasteiger partial charge < -0.3 is 20.7 Å². The molecule has 0 unspecified atom stereocenters. The lowest BCUT2D eigenvalue weighted by molar-refractivity contribution is 0.102. The Kier molecular flexibility index (Phi) is 7.80. The van der Waals surface area contributed by atoms with E-state index >= 15 is 0 Å². The minimum absolute atomic E-state index is 0. The number of benzene rings is 1. The first-order chi connectivity index (χ1) is 11.2.